The van der Waals surface area contributed by atoms with Crippen LogP contribution in [-0.2, 0) is 9.59 Å². The van der Waals surface area contributed by atoms with Crippen LogP contribution < -0.4 is 10.6 Å². The van der Waals surface area contributed by atoms with E-state index in [-0.39, 0.29) is 29.3 Å². The number of hydrogen-bond donors (Lipinski definition) is 2. The molecule has 0 aliphatic carbocycles. The summed E-state index contributed by atoms with van der Waals surface area (Å²) in [6, 6.07) is 21.5. The minimum atomic E-state index is -0.412. The van der Waals surface area contributed by atoms with Crippen molar-refractivity contribution in [3.8, 4) is 0 Å². The summed E-state index contributed by atoms with van der Waals surface area (Å²) in [6.45, 7) is 4.24. The molecule has 0 saturated heterocycles. The molecule has 1 aliphatic heterocycles. The molecule has 0 saturated carbocycles. The maximum absolute atomic E-state index is 13.2. The third-order valence-corrected chi connectivity index (χ3v) is 6.25. The Morgan fingerprint density at radius 2 is 1.54 bits per heavy atom. The molecule has 0 atom stereocenters. The monoisotopic (exact) mass is 489 g/mol. The first-order valence-corrected chi connectivity index (χ1v) is 11.9. The molecule has 8 heteroatoms. The topological polar surface area (TPSA) is 78.5 Å². The van der Waals surface area contributed by atoms with E-state index >= 15 is 0 Å². The van der Waals surface area contributed by atoms with Gasteiger partial charge >= 0.3 is 0 Å². The lowest BCUT2D eigenvalue weighted by molar-refractivity contribution is -0.137. The van der Waals surface area contributed by atoms with Gasteiger partial charge < -0.3 is 10.6 Å². The zero-order valence-corrected chi connectivity index (χ0v) is 20.1. The van der Waals surface area contributed by atoms with Crippen LogP contribution in [0.2, 0.25) is 0 Å². The van der Waals surface area contributed by atoms with Crippen LogP contribution in [0.5, 0.6) is 0 Å². The van der Waals surface area contributed by atoms with Gasteiger partial charge in [-0.15, -0.1) is 0 Å². The predicted octanol–water partition coefficient (Wildman–Crippen LogP) is 5.52. The maximum atomic E-state index is 13.2. The van der Waals surface area contributed by atoms with Gasteiger partial charge in [-0.1, -0.05) is 43.8 Å². The second-order valence-corrected chi connectivity index (χ2v) is 9.48. The van der Waals surface area contributed by atoms with Gasteiger partial charge in [-0.25, -0.2) is 4.39 Å². The number of nitrogens with zero attached hydrogens (tertiary/aromatic N) is 1. The van der Waals surface area contributed by atoms with Crippen LogP contribution >= 0.6 is 11.8 Å². The molecule has 3 amide bonds. The molecule has 0 radical (unpaired) electrons. The average molecular weight is 490 g/mol. The molecule has 0 aromatic heterocycles. The quantitative estimate of drug-likeness (QED) is 0.408. The standard InChI is InChI=1S/C27H24FN3O3S/c1-17(2)16-31-26(33)23(29-20-6-4-3-5-7-20)24(27(31)34)35-22-14-12-21(13-15-22)30-25(32)18-8-10-19(28)11-9-18/h3-15,17,29H,16H2,1-2H3,(H,30,32). The Labute approximate surface area is 207 Å². The fourth-order valence-corrected chi connectivity index (χ4v) is 4.43. The molecule has 0 spiro atoms. The van der Waals surface area contributed by atoms with Gasteiger partial charge in [0, 0.05) is 28.4 Å². The Hall–Kier alpha value is -3.91. The molecule has 6 nitrogen and oxygen atoms in total. The first-order valence-electron chi connectivity index (χ1n) is 11.1. The molecule has 0 unspecified atom stereocenters. The van der Waals surface area contributed by atoms with Crippen molar-refractivity contribution < 1.29 is 18.8 Å². The predicted molar refractivity (Wildman–Crippen MR) is 135 cm³/mol. The highest BCUT2D eigenvalue weighted by molar-refractivity contribution is 8.04. The van der Waals surface area contributed by atoms with Crippen molar-refractivity contribution >= 4 is 40.9 Å². The first kappa shape index (κ1) is 24.2. The molecule has 0 fully saturated rings. The summed E-state index contributed by atoms with van der Waals surface area (Å²) < 4.78 is 13.1. The van der Waals surface area contributed by atoms with Crippen LogP contribution in [0.1, 0.15) is 24.2 Å². The number of carbonyl (C=O) groups excluding carboxylic acids is 3. The van der Waals surface area contributed by atoms with Crippen molar-refractivity contribution in [3.05, 3.63) is 101 Å². The molecule has 0 bridgehead atoms. The largest absolute Gasteiger partial charge is 0.350 e. The van der Waals surface area contributed by atoms with Crippen LogP contribution in [0.4, 0.5) is 15.8 Å². The minimum Gasteiger partial charge on any atom is -0.350 e. The molecule has 4 rings (SSSR count). The van der Waals surface area contributed by atoms with E-state index in [1.165, 1.54) is 40.9 Å². The van der Waals surface area contributed by atoms with Crippen LogP contribution in [0.3, 0.4) is 0 Å². The van der Waals surface area contributed by atoms with Gasteiger partial charge in [-0.05, 0) is 66.6 Å². The lowest BCUT2D eigenvalue weighted by Crippen LogP contribution is -2.35. The summed E-state index contributed by atoms with van der Waals surface area (Å²) in [5.74, 6) is -1.32. The van der Waals surface area contributed by atoms with Gasteiger partial charge in [0.15, 0.2) is 0 Å². The Kier molecular flexibility index (Phi) is 7.31. The lowest BCUT2D eigenvalue weighted by atomic mass is 10.2. The van der Waals surface area contributed by atoms with E-state index in [1.807, 2.05) is 44.2 Å². The summed E-state index contributed by atoms with van der Waals surface area (Å²) >= 11 is 1.20. The number of anilines is 2. The third kappa shape index (κ3) is 5.78. The van der Waals surface area contributed by atoms with E-state index in [2.05, 4.69) is 10.6 Å². The molecule has 3 aromatic carbocycles. The number of imide groups is 1. The molecule has 2 N–H and O–H groups in total. The number of rotatable bonds is 8. The number of amides is 3. The summed E-state index contributed by atoms with van der Waals surface area (Å²) in [7, 11) is 0. The van der Waals surface area contributed by atoms with Gasteiger partial charge in [-0.2, -0.15) is 0 Å². The molecule has 1 aliphatic rings. The van der Waals surface area contributed by atoms with Crippen LogP contribution in [0, 0.1) is 11.7 Å². The lowest BCUT2D eigenvalue weighted by Gasteiger charge is -2.17. The second-order valence-electron chi connectivity index (χ2n) is 8.40. The normalized spacial score (nSPS) is 13.5. The number of hydrogen-bond acceptors (Lipinski definition) is 5. The van der Waals surface area contributed by atoms with Crippen LogP contribution in [0.25, 0.3) is 0 Å². The Morgan fingerprint density at radius 3 is 2.17 bits per heavy atom. The van der Waals surface area contributed by atoms with Crippen molar-refractivity contribution in [2.45, 2.75) is 18.7 Å². The van der Waals surface area contributed by atoms with Gasteiger partial charge in [0.2, 0.25) is 0 Å². The maximum Gasteiger partial charge on any atom is 0.278 e. The number of nitrogens with one attached hydrogen (secondary N) is 2. The number of thioether (sulfide) groups is 1. The zero-order valence-electron chi connectivity index (χ0n) is 19.2. The highest BCUT2D eigenvalue weighted by Gasteiger charge is 2.39. The Balaban J connectivity index is 1.53. The molecule has 1 heterocycles. The number of benzene rings is 3. The van der Waals surface area contributed by atoms with Gasteiger partial charge in [0.1, 0.15) is 16.4 Å². The van der Waals surface area contributed by atoms with Crippen LogP contribution in [-0.4, -0.2) is 29.2 Å². The van der Waals surface area contributed by atoms with E-state index in [0.717, 1.165) is 4.90 Å². The Bertz CT molecular complexity index is 1270. The van der Waals surface area contributed by atoms with E-state index in [4.69, 9.17) is 0 Å². The van der Waals surface area contributed by atoms with Crippen LogP contribution in [0.15, 0.2) is 94.4 Å². The highest BCUT2D eigenvalue weighted by atomic mass is 32.2. The third-order valence-electron chi connectivity index (χ3n) is 5.15. The fraction of sp³-hybridized carbons (Fsp3) is 0.148. The zero-order chi connectivity index (χ0) is 24.9. The number of halogens is 1. The van der Waals surface area contributed by atoms with E-state index < -0.39 is 5.82 Å². The van der Waals surface area contributed by atoms with E-state index in [0.29, 0.717) is 28.4 Å². The SMILES string of the molecule is CC(C)CN1C(=O)C(Nc2ccccc2)=C(Sc2ccc(NC(=O)c3ccc(F)cc3)cc2)C1=O. The van der Waals surface area contributed by atoms with Crippen molar-refractivity contribution in [1.82, 2.24) is 4.90 Å². The number of carbonyl (C=O) groups is 3. The molecule has 3 aromatic rings. The number of para-hydroxylation sites is 1. The summed E-state index contributed by atoms with van der Waals surface area (Å²) in [4.78, 5) is 40.9. The van der Waals surface area contributed by atoms with Gasteiger partial charge in [0.25, 0.3) is 17.7 Å². The highest BCUT2D eigenvalue weighted by Crippen LogP contribution is 2.36. The first-order chi connectivity index (χ1) is 16.8. The van der Waals surface area contributed by atoms with Crippen molar-refractivity contribution in [1.29, 1.82) is 0 Å². The molecular weight excluding hydrogens is 465 g/mol. The van der Waals surface area contributed by atoms with Gasteiger partial charge in [0.05, 0.1) is 0 Å². The summed E-state index contributed by atoms with van der Waals surface area (Å²) in [6.07, 6.45) is 0. The van der Waals surface area contributed by atoms with E-state index in [1.54, 1.807) is 24.3 Å². The van der Waals surface area contributed by atoms with Crippen molar-refractivity contribution in [2.75, 3.05) is 17.2 Å². The molecular formula is C27H24FN3O3S. The van der Waals surface area contributed by atoms with E-state index in [9.17, 15) is 18.8 Å². The smallest absolute Gasteiger partial charge is 0.278 e. The average Bonchev–Trinajstić information content (AvgIpc) is 3.05. The van der Waals surface area contributed by atoms with Gasteiger partial charge in [-0.3, -0.25) is 19.3 Å². The summed E-state index contributed by atoms with van der Waals surface area (Å²) in [5, 5.41) is 5.88. The summed E-state index contributed by atoms with van der Waals surface area (Å²) in [5.41, 5.74) is 1.86. The fourth-order valence-electron chi connectivity index (χ4n) is 3.48. The molecule has 178 valence electrons. The Morgan fingerprint density at radius 1 is 0.886 bits per heavy atom. The molecule has 35 heavy (non-hydrogen) atoms. The second kappa shape index (κ2) is 10.6. The van der Waals surface area contributed by atoms with Crippen molar-refractivity contribution in [3.63, 3.8) is 0 Å². The minimum absolute atomic E-state index is 0.134. The van der Waals surface area contributed by atoms with Crippen molar-refractivity contribution in [2.24, 2.45) is 5.92 Å².